The second-order valence-corrected chi connectivity index (χ2v) is 14.8. The molecule has 5 nitrogen and oxygen atoms in total. The topological polar surface area (TPSA) is 59.0 Å². The fraction of sp³-hybridized carbons (Fsp3) is 0.967. The Morgan fingerprint density at radius 2 is 1.91 bits per heavy atom. The quantitative estimate of drug-likeness (QED) is 0.598. The number of rotatable bonds is 5. The van der Waals surface area contributed by atoms with E-state index in [1.165, 1.54) is 32.2 Å². The SMILES string of the molecule is CC(C)C1CCC2(C)C3CC(O)C45CCCC4C2(CCC(=O)C2(C)COC4(C)CCC2O4)C1N5C3. The zero-order valence-corrected chi connectivity index (χ0v) is 22.6. The van der Waals surface area contributed by atoms with Gasteiger partial charge in [0.2, 0.25) is 0 Å². The van der Waals surface area contributed by atoms with Crippen LogP contribution in [-0.4, -0.2) is 58.5 Å². The van der Waals surface area contributed by atoms with Crippen LogP contribution in [0.15, 0.2) is 0 Å². The first-order valence-corrected chi connectivity index (χ1v) is 14.8. The lowest BCUT2D eigenvalue weighted by Crippen LogP contribution is -2.70. The second kappa shape index (κ2) is 7.12. The number of ketones is 1. The third kappa shape index (κ3) is 2.58. The van der Waals surface area contributed by atoms with Gasteiger partial charge in [-0.15, -0.1) is 0 Å². The summed E-state index contributed by atoms with van der Waals surface area (Å²) in [5.74, 6) is 2.26. The average molecular weight is 486 g/mol. The van der Waals surface area contributed by atoms with Crippen molar-refractivity contribution in [1.82, 2.24) is 4.90 Å². The van der Waals surface area contributed by atoms with Gasteiger partial charge in [-0.1, -0.05) is 27.2 Å². The summed E-state index contributed by atoms with van der Waals surface area (Å²) in [5, 5.41) is 11.7. The van der Waals surface area contributed by atoms with E-state index in [0.29, 0.717) is 48.5 Å². The summed E-state index contributed by atoms with van der Waals surface area (Å²) in [6.07, 6.45) is 10.4. The van der Waals surface area contributed by atoms with Gasteiger partial charge < -0.3 is 14.6 Å². The number of hydrogen-bond donors (Lipinski definition) is 1. The number of aliphatic hydroxyl groups is 1. The van der Waals surface area contributed by atoms with Crippen LogP contribution in [0.5, 0.6) is 0 Å². The van der Waals surface area contributed by atoms with Crippen molar-refractivity contribution in [1.29, 1.82) is 0 Å². The molecule has 7 fully saturated rings. The Kier molecular flexibility index (Phi) is 4.81. The first-order valence-electron chi connectivity index (χ1n) is 14.8. The largest absolute Gasteiger partial charge is 0.391 e. The maximum Gasteiger partial charge on any atom is 0.166 e. The molecule has 7 rings (SSSR count). The van der Waals surface area contributed by atoms with Gasteiger partial charge in [0.1, 0.15) is 5.78 Å². The maximum absolute atomic E-state index is 14.1. The number of carbonyl (C=O) groups excluding carboxylic acids is 1. The number of Topliss-reactive ketones (excluding diaryl/α,β-unsaturated/α-hetero) is 1. The van der Waals surface area contributed by atoms with Gasteiger partial charge >= 0.3 is 0 Å². The van der Waals surface area contributed by atoms with Gasteiger partial charge in [0.05, 0.1) is 29.8 Å². The van der Waals surface area contributed by atoms with E-state index in [0.717, 1.165) is 32.1 Å². The van der Waals surface area contributed by atoms with Gasteiger partial charge in [-0.3, -0.25) is 9.69 Å². The van der Waals surface area contributed by atoms with Crippen molar-refractivity contribution in [3.8, 4) is 0 Å². The fourth-order valence-electron chi connectivity index (χ4n) is 11.6. The van der Waals surface area contributed by atoms with Crippen LogP contribution in [0.25, 0.3) is 0 Å². The Bertz CT molecular complexity index is 937. The van der Waals surface area contributed by atoms with Gasteiger partial charge in [0.15, 0.2) is 5.79 Å². The highest BCUT2D eigenvalue weighted by molar-refractivity contribution is 5.85. The van der Waals surface area contributed by atoms with Crippen LogP contribution in [0.1, 0.15) is 98.8 Å². The van der Waals surface area contributed by atoms with Crippen molar-refractivity contribution < 1.29 is 19.4 Å². The third-order valence-electron chi connectivity index (χ3n) is 13.5. The molecule has 0 aromatic heterocycles. The van der Waals surface area contributed by atoms with Crippen molar-refractivity contribution in [3.05, 3.63) is 0 Å². The number of aliphatic hydroxyl groups excluding tert-OH is 1. The molecular weight excluding hydrogens is 438 g/mol. The summed E-state index contributed by atoms with van der Waals surface area (Å²) < 4.78 is 12.4. The zero-order chi connectivity index (χ0) is 24.6. The summed E-state index contributed by atoms with van der Waals surface area (Å²) >= 11 is 0. The predicted molar refractivity (Wildman–Crippen MR) is 134 cm³/mol. The highest BCUT2D eigenvalue weighted by Crippen LogP contribution is 2.79. The Labute approximate surface area is 211 Å². The van der Waals surface area contributed by atoms with E-state index >= 15 is 0 Å². The van der Waals surface area contributed by atoms with E-state index in [9.17, 15) is 9.90 Å². The lowest BCUT2D eigenvalue weighted by Gasteiger charge is -2.67. The molecule has 2 aliphatic carbocycles. The molecule has 7 bridgehead atoms. The molecule has 0 amide bonds. The van der Waals surface area contributed by atoms with Crippen LogP contribution < -0.4 is 0 Å². The summed E-state index contributed by atoms with van der Waals surface area (Å²) in [7, 11) is 0. The molecule has 5 heterocycles. The van der Waals surface area contributed by atoms with E-state index in [1.54, 1.807) is 0 Å². The molecule has 0 aromatic carbocycles. The molecule has 1 N–H and O–H groups in total. The predicted octanol–water partition coefficient (Wildman–Crippen LogP) is 4.94. The number of hydrogen-bond acceptors (Lipinski definition) is 5. The maximum atomic E-state index is 14.1. The molecule has 5 heteroatoms. The molecule has 35 heavy (non-hydrogen) atoms. The van der Waals surface area contributed by atoms with Crippen molar-refractivity contribution in [2.45, 2.75) is 128 Å². The Hall–Kier alpha value is -0.490. The molecule has 2 saturated carbocycles. The first-order chi connectivity index (χ1) is 16.5. The van der Waals surface area contributed by atoms with Gasteiger partial charge in [0, 0.05) is 25.4 Å². The molecule has 5 aliphatic heterocycles. The Morgan fingerprint density at radius 1 is 1.11 bits per heavy atom. The first kappa shape index (κ1) is 23.6. The second-order valence-electron chi connectivity index (χ2n) is 14.8. The minimum Gasteiger partial charge on any atom is -0.391 e. The lowest BCUT2D eigenvalue weighted by atomic mass is 9.42. The standard InChI is InChI=1S/C30H47NO4/c1-18(2)20-8-12-27(4)19-15-23(33)30-11-6-7-21(30)29(27,25(20)31(30)16-19)14-9-22(32)26(3)17-34-28(5)13-10-24(26)35-28/h18-21,23-25,33H,6-17H2,1-5H3. The highest BCUT2D eigenvalue weighted by atomic mass is 16.7. The molecular formula is C30H47NO4. The van der Waals surface area contributed by atoms with Crippen molar-refractivity contribution >= 4 is 5.78 Å². The summed E-state index contributed by atoms with van der Waals surface area (Å²) in [4.78, 5) is 16.9. The molecule has 12 atom stereocenters. The van der Waals surface area contributed by atoms with Crippen LogP contribution >= 0.6 is 0 Å². The number of piperidine rings is 2. The molecule has 1 spiro atoms. The van der Waals surface area contributed by atoms with Crippen LogP contribution in [0.3, 0.4) is 0 Å². The van der Waals surface area contributed by atoms with Crippen molar-refractivity contribution in [3.63, 3.8) is 0 Å². The Balaban J connectivity index is 1.27. The van der Waals surface area contributed by atoms with E-state index in [2.05, 4.69) is 32.6 Å². The van der Waals surface area contributed by atoms with Crippen LogP contribution in [0.2, 0.25) is 0 Å². The molecule has 12 unspecified atom stereocenters. The van der Waals surface area contributed by atoms with Crippen LogP contribution in [0, 0.1) is 39.9 Å². The average Bonchev–Trinajstić information content (AvgIpc) is 3.44. The molecule has 5 saturated heterocycles. The number of carbonyl (C=O) groups is 1. The molecule has 7 aliphatic rings. The Morgan fingerprint density at radius 3 is 2.69 bits per heavy atom. The fourth-order valence-corrected chi connectivity index (χ4v) is 11.6. The van der Waals surface area contributed by atoms with Gasteiger partial charge in [-0.2, -0.15) is 0 Å². The number of ether oxygens (including phenoxy) is 2. The van der Waals surface area contributed by atoms with E-state index in [1.807, 2.05) is 6.92 Å². The molecule has 196 valence electrons. The van der Waals surface area contributed by atoms with Crippen LogP contribution in [-0.2, 0) is 14.3 Å². The minimum absolute atomic E-state index is 0.00740. The summed E-state index contributed by atoms with van der Waals surface area (Å²) in [6, 6.07) is 0.520. The van der Waals surface area contributed by atoms with Gasteiger partial charge in [-0.25, -0.2) is 0 Å². The molecule has 0 radical (unpaired) electrons. The summed E-state index contributed by atoms with van der Waals surface area (Å²) in [5.41, 5.74) is -0.198. The lowest BCUT2D eigenvalue weighted by molar-refractivity contribution is -0.282. The monoisotopic (exact) mass is 485 g/mol. The van der Waals surface area contributed by atoms with E-state index in [4.69, 9.17) is 9.47 Å². The number of fused-ring (bicyclic) bond motifs is 4. The van der Waals surface area contributed by atoms with Crippen LogP contribution in [0.4, 0.5) is 0 Å². The normalized spacial score (nSPS) is 59.8. The molecule has 0 aromatic rings. The summed E-state index contributed by atoms with van der Waals surface area (Å²) in [6.45, 7) is 13.2. The minimum atomic E-state index is -0.529. The third-order valence-corrected chi connectivity index (χ3v) is 13.5. The highest BCUT2D eigenvalue weighted by Gasteiger charge is 2.81. The zero-order valence-electron chi connectivity index (χ0n) is 22.6. The van der Waals surface area contributed by atoms with Crippen molar-refractivity contribution in [2.75, 3.05) is 13.2 Å². The van der Waals surface area contributed by atoms with E-state index in [-0.39, 0.29) is 28.6 Å². The van der Waals surface area contributed by atoms with E-state index < -0.39 is 11.2 Å². The van der Waals surface area contributed by atoms with Crippen molar-refractivity contribution in [2.24, 2.45) is 39.9 Å². The smallest absolute Gasteiger partial charge is 0.166 e. The number of nitrogens with zero attached hydrogens (tertiary/aromatic N) is 1. The van der Waals surface area contributed by atoms with Gasteiger partial charge in [0.25, 0.3) is 0 Å². The van der Waals surface area contributed by atoms with Gasteiger partial charge in [-0.05, 0) is 93.3 Å².